The molecule has 0 saturated carbocycles. The van der Waals surface area contributed by atoms with Gasteiger partial charge in [-0.1, -0.05) is 46.3 Å². The van der Waals surface area contributed by atoms with Gasteiger partial charge in [0.05, 0.1) is 17.1 Å². The molecule has 6 heteroatoms. The molecule has 28 heavy (non-hydrogen) atoms. The number of carbonyl (C=O) groups is 1. The quantitative estimate of drug-likeness (QED) is 0.493. The van der Waals surface area contributed by atoms with Gasteiger partial charge < -0.3 is 9.88 Å². The average molecular weight is 435 g/mol. The van der Waals surface area contributed by atoms with E-state index in [9.17, 15) is 4.79 Å². The summed E-state index contributed by atoms with van der Waals surface area (Å²) in [4.78, 5) is 21.5. The standard InChI is InChI=1S/C22H19BrN4O/c1-15(25-22(28)19-10-4-5-12-24-19)21-26-18-9-2-3-11-20(18)27(21)14-16-7-6-8-17(23)13-16/h2-13,15H,14H2,1H3,(H,25,28). The zero-order valence-corrected chi connectivity index (χ0v) is 16.9. The number of carbonyl (C=O) groups excluding carboxylic acids is 1. The molecule has 0 aliphatic heterocycles. The summed E-state index contributed by atoms with van der Waals surface area (Å²) in [6, 6.07) is 21.2. The molecule has 0 radical (unpaired) electrons. The number of aromatic nitrogens is 3. The third kappa shape index (κ3) is 3.82. The molecule has 4 rings (SSSR count). The number of amides is 1. The minimum absolute atomic E-state index is 0.214. The minimum Gasteiger partial charge on any atom is -0.341 e. The van der Waals surface area contributed by atoms with Crippen LogP contribution in [0.1, 0.15) is 34.8 Å². The zero-order chi connectivity index (χ0) is 19.5. The molecule has 2 aromatic carbocycles. The molecule has 1 unspecified atom stereocenters. The molecule has 0 fully saturated rings. The first-order valence-corrected chi connectivity index (χ1v) is 9.82. The van der Waals surface area contributed by atoms with Crippen LogP contribution < -0.4 is 5.32 Å². The summed E-state index contributed by atoms with van der Waals surface area (Å²) in [6.07, 6.45) is 1.61. The maximum atomic E-state index is 12.5. The van der Waals surface area contributed by atoms with E-state index in [0.29, 0.717) is 12.2 Å². The van der Waals surface area contributed by atoms with E-state index >= 15 is 0 Å². The minimum atomic E-state index is -0.269. The van der Waals surface area contributed by atoms with Crippen LogP contribution in [0, 0.1) is 0 Å². The van der Waals surface area contributed by atoms with Crippen molar-refractivity contribution in [2.24, 2.45) is 0 Å². The Morgan fingerprint density at radius 2 is 1.93 bits per heavy atom. The number of hydrogen-bond donors (Lipinski definition) is 1. The van der Waals surface area contributed by atoms with Crippen molar-refractivity contribution in [1.82, 2.24) is 19.9 Å². The summed E-state index contributed by atoms with van der Waals surface area (Å²) in [5, 5.41) is 3.02. The fourth-order valence-electron chi connectivity index (χ4n) is 3.24. The second-order valence-electron chi connectivity index (χ2n) is 6.58. The van der Waals surface area contributed by atoms with Gasteiger partial charge in [-0.05, 0) is 48.9 Å². The van der Waals surface area contributed by atoms with Gasteiger partial charge in [-0.25, -0.2) is 4.98 Å². The first kappa shape index (κ1) is 18.4. The Bertz CT molecular complexity index is 1120. The van der Waals surface area contributed by atoms with Crippen molar-refractivity contribution in [1.29, 1.82) is 0 Å². The maximum absolute atomic E-state index is 12.5. The van der Waals surface area contributed by atoms with Gasteiger partial charge in [-0.15, -0.1) is 0 Å². The van der Waals surface area contributed by atoms with Gasteiger partial charge in [-0.2, -0.15) is 0 Å². The van der Waals surface area contributed by atoms with Crippen LogP contribution in [0.5, 0.6) is 0 Å². The van der Waals surface area contributed by atoms with Crippen molar-refractivity contribution in [2.75, 3.05) is 0 Å². The van der Waals surface area contributed by atoms with Crippen molar-refractivity contribution in [3.05, 3.63) is 94.5 Å². The number of rotatable bonds is 5. The number of benzene rings is 2. The largest absolute Gasteiger partial charge is 0.341 e. The molecule has 0 spiro atoms. The number of para-hydroxylation sites is 2. The Morgan fingerprint density at radius 3 is 2.71 bits per heavy atom. The smallest absolute Gasteiger partial charge is 0.270 e. The highest BCUT2D eigenvalue weighted by Crippen LogP contribution is 2.23. The lowest BCUT2D eigenvalue weighted by Gasteiger charge is -2.16. The monoisotopic (exact) mass is 434 g/mol. The molecule has 4 aromatic rings. The summed E-state index contributed by atoms with van der Waals surface area (Å²) < 4.78 is 3.19. The third-order valence-corrected chi connectivity index (χ3v) is 5.04. The van der Waals surface area contributed by atoms with Gasteiger partial charge in [0, 0.05) is 17.2 Å². The molecule has 1 atom stereocenters. The Morgan fingerprint density at radius 1 is 1.11 bits per heavy atom. The number of hydrogen-bond acceptors (Lipinski definition) is 3. The van der Waals surface area contributed by atoms with E-state index in [1.54, 1.807) is 24.4 Å². The number of pyridine rings is 1. The fourth-order valence-corrected chi connectivity index (χ4v) is 3.69. The molecule has 0 bridgehead atoms. The number of fused-ring (bicyclic) bond motifs is 1. The lowest BCUT2D eigenvalue weighted by Crippen LogP contribution is -2.29. The van der Waals surface area contributed by atoms with Crippen LogP contribution in [0.3, 0.4) is 0 Å². The lowest BCUT2D eigenvalue weighted by atomic mass is 10.2. The fraction of sp³-hybridized carbons (Fsp3) is 0.136. The molecule has 5 nitrogen and oxygen atoms in total. The number of nitrogens with one attached hydrogen (secondary N) is 1. The molecule has 2 heterocycles. The Hall–Kier alpha value is -2.99. The van der Waals surface area contributed by atoms with Gasteiger partial charge in [-0.3, -0.25) is 9.78 Å². The number of imidazole rings is 1. The predicted molar refractivity (Wildman–Crippen MR) is 113 cm³/mol. The van der Waals surface area contributed by atoms with E-state index in [0.717, 1.165) is 26.9 Å². The maximum Gasteiger partial charge on any atom is 0.270 e. The van der Waals surface area contributed by atoms with Gasteiger partial charge in [0.15, 0.2) is 0 Å². The predicted octanol–water partition coefficient (Wildman–Crippen LogP) is 4.73. The molecule has 140 valence electrons. The molecule has 0 aliphatic carbocycles. The Labute approximate surface area is 171 Å². The third-order valence-electron chi connectivity index (χ3n) is 4.55. The van der Waals surface area contributed by atoms with Gasteiger partial charge in [0.1, 0.15) is 11.5 Å². The topological polar surface area (TPSA) is 59.8 Å². The van der Waals surface area contributed by atoms with E-state index in [-0.39, 0.29) is 11.9 Å². The number of nitrogens with zero attached hydrogens (tertiary/aromatic N) is 3. The van der Waals surface area contributed by atoms with Crippen molar-refractivity contribution in [2.45, 2.75) is 19.5 Å². The molecule has 1 N–H and O–H groups in total. The molecule has 2 aromatic heterocycles. The number of halogens is 1. The molecule has 1 amide bonds. The van der Waals surface area contributed by atoms with Crippen LogP contribution >= 0.6 is 15.9 Å². The van der Waals surface area contributed by atoms with Gasteiger partial charge in [0.2, 0.25) is 0 Å². The van der Waals surface area contributed by atoms with Gasteiger partial charge >= 0.3 is 0 Å². The summed E-state index contributed by atoms with van der Waals surface area (Å²) >= 11 is 3.53. The lowest BCUT2D eigenvalue weighted by molar-refractivity contribution is 0.0932. The van der Waals surface area contributed by atoms with Crippen molar-refractivity contribution < 1.29 is 4.79 Å². The SMILES string of the molecule is CC(NC(=O)c1ccccn1)c1nc2ccccc2n1Cc1cccc(Br)c1. The first-order valence-electron chi connectivity index (χ1n) is 9.03. The Kier molecular flexibility index (Phi) is 5.21. The second kappa shape index (κ2) is 7.94. The van der Waals surface area contributed by atoms with Crippen LogP contribution in [0.4, 0.5) is 0 Å². The normalized spacial score (nSPS) is 12.1. The van der Waals surface area contributed by atoms with Crippen molar-refractivity contribution >= 4 is 32.9 Å². The van der Waals surface area contributed by atoms with E-state index < -0.39 is 0 Å². The molecular weight excluding hydrogens is 416 g/mol. The van der Waals surface area contributed by atoms with E-state index in [1.807, 2.05) is 37.3 Å². The van der Waals surface area contributed by atoms with E-state index in [4.69, 9.17) is 4.98 Å². The second-order valence-corrected chi connectivity index (χ2v) is 7.50. The highest BCUT2D eigenvalue weighted by molar-refractivity contribution is 9.10. The zero-order valence-electron chi connectivity index (χ0n) is 15.3. The van der Waals surface area contributed by atoms with Crippen LogP contribution in [0.25, 0.3) is 11.0 Å². The highest BCUT2D eigenvalue weighted by Gasteiger charge is 2.19. The molecular formula is C22H19BrN4O. The molecule has 0 saturated heterocycles. The average Bonchev–Trinajstić information content (AvgIpc) is 3.07. The van der Waals surface area contributed by atoms with E-state index in [2.05, 4.69) is 49.0 Å². The van der Waals surface area contributed by atoms with Crippen molar-refractivity contribution in [3.63, 3.8) is 0 Å². The van der Waals surface area contributed by atoms with Crippen molar-refractivity contribution in [3.8, 4) is 0 Å². The van der Waals surface area contributed by atoms with Crippen LogP contribution in [-0.4, -0.2) is 20.4 Å². The summed E-state index contributed by atoms with van der Waals surface area (Å²) in [6.45, 7) is 2.61. The van der Waals surface area contributed by atoms with Crippen LogP contribution in [0.2, 0.25) is 0 Å². The molecule has 0 aliphatic rings. The van der Waals surface area contributed by atoms with Crippen LogP contribution in [0.15, 0.2) is 77.4 Å². The first-order chi connectivity index (χ1) is 13.6. The summed E-state index contributed by atoms with van der Waals surface area (Å²) in [5.74, 6) is 0.597. The summed E-state index contributed by atoms with van der Waals surface area (Å²) in [7, 11) is 0. The summed E-state index contributed by atoms with van der Waals surface area (Å²) in [5.41, 5.74) is 3.49. The Balaban J connectivity index is 1.68. The van der Waals surface area contributed by atoms with Crippen LogP contribution in [-0.2, 0) is 6.54 Å². The van der Waals surface area contributed by atoms with E-state index in [1.165, 1.54) is 0 Å². The highest BCUT2D eigenvalue weighted by atomic mass is 79.9. The van der Waals surface area contributed by atoms with Gasteiger partial charge in [0.25, 0.3) is 5.91 Å².